The standard InChI is InChI=1S/C19H22N2O3/c1-23-14-15-10-11-21(13-15)19(22)20-16-6-5-9-18(12-16)24-17-7-3-2-4-8-17/h2-9,12,15H,10-11,13-14H2,1H3,(H,20,22). The third-order valence-electron chi connectivity index (χ3n) is 4.04. The van der Waals surface area contributed by atoms with Crippen LogP contribution in [0.25, 0.3) is 0 Å². The number of benzene rings is 2. The van der Waals surface area contributed by atoms with E-state index < -0.39 is 0 Å². The van der Waals surface area contributed by atoms with Gasteiger partial charge in [0.25, 0.3) is 0 Å². The Labute approximate surface area is 142 Å². The van der Waals surface area contributed by atoms with Crippen LogP contribution in [0, 0.1) is 5.92 Å². The zero-order chi connectivity index (χ0) is 16.8. The second kappa shape index (κ2) is 7.84. The quantitative estimate of drug-likeness (QED) is 0.904. The van der Waals surface area contributed by atoms with Crippen LogP contribution in [-0.4, -0.2) is 37.7 Å². The zero-order valence-corrected chi connectivity index (χ0v) is 13.8. The van der Waals surface area contributed by atoms with Gasteiger partial charge in [-0.05, 0) is 30.7 Å². The van der Waals surface area contributed by atoms with Crippen molar-refractivity contribution in [2.24, 2.45) is 5.92 Å². The largest absolute Gasteiger partial charge is 0.457 e. The van der Waals surface area contributed by atoms with Gasteiger partial charge in [-0.25, -0.2) is 4.79 Å². The summed E-state index contributed by atoms with van der Waals surface area (Å²) in [5, 5.41) is 2.94. The summed E-state index contributed by atoms with van der Waals surface area (Å²) in [5.41, 5.74) is 0.726. The number of nitrogens with one attached hydrogen (secondary N) is 1. The van der Waals surface area contributed by atoms with Gasteiger partial charge in [0.15, 0.2) is 0 Å². The third-order valence-corrected chi connectivity index (χ3v) is 4.04. The fraction of sp³-hybridized carbons (Fsp3) is 0.316. The molecule has 1 saturated heterocycles. The van der Waals surface area contributed by atoms with Gasteiger partial charge in [0, 0.05) is 37.9 Å². The molecule has 1 atom stereocenters. The molecule has 1 aliphatic rings. The van der Waals surface area contributed by atoms with Gasteiger partial charge in [-0.15, -0.1) is 0 Å². The maximum atomic E-state index is 12.4. The number of urea groups is 1. The highest BCUT2D eigenvalue weighted by Crippen LogP contribution is 2.24. The van der Waals surface area contributed by atoms with Crippen LogP contribution in [0.3, 0.4) is 0 Å². The summed E-state index contributed by atoms with van der Waals surface area (Å²) in [6, 6.07) is 16.9. The van der Waals surface area contributed by atoms with Crippen LogP contribution < -0.4 is 10.1 Å². The lowest BCUT2D eigenvalue weighted by Gasteiger charge is -2.17. The van der Waals surface area contributed by atoms with Crippen molar-refractivity contribution in [2.45, 2.75) is 6.42 Å². The molecule has 24 heavy (non-hydrogen) atoms. The lowest BCUT2D eigenvalue weighted by molar-refractivity contribution is 0.154. The number of carbonyl (C=O) groups excluding carboxylic acids is 1. The molecule has 0 bridgehead atoms. The monoisotopic (exact) mass is 326 g/mol. The molecule has 5 nitrogen and oxygen atoms in total. The molecule has 2 aromatic carbocycles. The van der Waals surface area contributed by atoms with E-state index in [1.54, 1.807) is 7.11 Å². The predicted octanol–water partition coefficient (Wildman–Crippen LogP) is 3.98. The first-order chi connectivity index (χ1) is 11.7. The maximum absolute atomic E-state index is 12.4. The van der Waals surface area contributed by atoms with Crippen LogP contribution in [0.4, 0.5) is 10.5 Å². The molecule has 0 aliphatic carbocycles. The van der Waals surface area contributed by atoms with E-state index in [1.807, 2.05) is 59.5 Å². The van der Waals surface area contributed by atoms with Crippen molar-refractivity contribution in [2.75, 3.05) is 32.1 Å². The highest BCUT2D eigenvalue weighted by molar-refractivity contribution is 5.89. The number of hydrogen-bond acceptors (Lipinski definition) is 3. The van der Waals surface area contributed by atoms with Crippen LogP contribution >= 0.6 is 0 Å². The van der Waals surface area contributed by atoms with Crippen molar-refractivity contribution in [3.63, 3.8) is 0 Å². The molecule has 0 spiro atoms. The first-order valence-electron chi connectivity index (χ1n) is 8.12. The van der Waals surface area contributed by atoms with Gasteiger partial charge in [0.05, 0.1) is 6.61 Å². The number of hydrogen-bond donors (Lipinski definition) is 1. The molecule has 2 amide bonds. The van der Waals surface area contributed by atoms with E-state index in [9.17, 15) is 4.79 Å². The SMILES string of the molecule is COCC1CCN(C(=O)Nc2cccc(Oc3ccccc3)c2)C1. The molecule has 1 heterocycles. The Balaban J connectivity index is 1.59. The molecule has 1 aliphatic heterocycles. The maximum Gasteiger partial charge on any atom is 0.321 e. The van der Waals surface area contributed by atoms with Gasteiger partial charge in [-0.3, -0.25) is 0 Å². The van der Waals surface area contributed by atoms with Gasteiger partial charge >= 0.3 is 6.03 Å². The Morgan fingerprint density at radius 3 is 2.75 bits per heavy atom. The van der Waals surface area contributed by atoms with E-state index >= 15 is 0 Å². The molecule has 3 rings (SSSR count). The first-order valence-corrected chi connectivity index (χ1v) is 8.12. The Bertz CT molecular complexity index is 675. The molecule has 2 aromatic rings. The smallest absolute Gasteiger partial charge is 0.321 e. The second-order valence-electron chi connectivity index (χ2n) is 5.93. The summed E-state index contributed by atoms with van der Waals surface area (Å²) in [5.74, 6) is 1.88. The van der Waals surface area contributed by atoms with Gasteiger partial charge in [-0.1, -0.05) is 24.3 Å². The number of ether oxygens (including phenoxy) is 2. The summed E-state index contributed by atoms with van der Waals surface area (Å²) in [6.45, 7) is 2.20. The molecular formula is C19H22N2O3. The Kier molecular flexibility index (Phi) is 5.33. The van der Waals surface area contributed by atoms with E-state index in [2.05, 4.69) is 5.32 Å². The lowest BCUT2D eigenvalue weighted by Crippen LogP contribution is -2.33. The summed E-state index contributed by atoms with van der Waals surface area (Å²) < 4.78 is 11.0. The Morgan fingerprint density at radius 1 is 1.17 bits per heavy atom. The number of carbonyl (C=O) groups is 1. The number of likely N-dealkylation sites (tertiary alicyclic amines) is 1. The molecule has 5 heteroatoms. The van der Waals surface area contributed by atoms with E-state index in [1.165, 1.54) is 0 Å². The molecule has 1 N–H and O–H groups in total. The number of methoxy groups -OCH3 is 1. The van der Waals surface area contributed by atoms with Gasteiger partial charge in [-0.2, -0.15) is 0 Å². The molecule has 0 aromatic heterocycles. The third kappa shape index (κ3) is 4.26. The highest BCUT2D eigenvalue weighted by atomic mass is 16.5. The van der Waals surface area contributed by atoms with Crippen LogP contribution in [0.2, 0.25) is 0 Å². The Hall–Kier alpha value is -2.53. The molecule has 1 fully saturated rings. The fourth-order valence-electron chi connectivity index (χ4n) is 2.85. The van der Waals surface area contributed by atoms with E-state index in [0.29, 0.717) is 18.3 Å². The molecule has 0 radical (unpaired) electrons. The zero-order valence-electron chi connectivity index (χ0n) is 13.8. The van der Waals surface area contributed by atoms with Crippen LogP contribution in [0.1, 0.15) is 6.42 Å². The average molecular weight is 326 g/mol. The fourth-order valence-corrected chi connectivity index (χ4v) is 2.85. The number of anilines is 1. The second-order valence-corrected chi connectivity index (χ2v) is 5.93. The minimum absolute atomic E-state index is 0.0783. The molecule has 126 valence electrons. The van der Waals surface area contributed by atoms with Crippen molar-refractivity contribution < 1.29 is 14.3 Å². The summed E-state index contributed by atoms with van der Waals surface area (Å²) >= 11 is 0. The van der Waals surface area contributed by atoms with Crippen molar-refractivity contribution >= 4 is 11.7 Å². The van der Waals surface area contributed by atoms with Gasteiger partial charge in [0.2, 0.25) is 0 Å². The first kappa shape index (κ1) is 16.3. The highest BCUT2D eigenvalue weighted by Gasteiger charge is 2.26. The molecule has 0 saturated carbocycles. The van der Waals surface area contributed by atoms with Crippen molar-refractivity contribution in [3.05, 3.63) is 54.6 Å². The average Bonchev–Trinajstić information content (AvgIpc) is 3.05. The van der Waals surface area contributed by atoms with Crippen LogP contribution in [0.15, 0.2) is 54.6 Å². The molecular weight excluding hydrogens is 304 g/mol. The van der Waals surface area contributed by atoms with Crippen LogP contribution in [0.5, 0.6) is 11.5 Å². The summed E-state index contributed by atoms with van der Waals surface area (Å²) in [7, 11) is 1.70. The topological polar surface area (TPSA) is 50.8 Å². The number of rotatable bonds is 5. The van der Waals surface area contributed by atoms with Crippen molar-refractivity contribution in [3.8, 4) is 11.5 Å². The Morgan fingerprint density at radius 2 is 1.96 bits per heavy atom. The van der Waals surface area contributed by atoms with Gasteiger partial charge in [0.1, 0.15) is 11.5 Å². The number of amides is 2. The van der Waals surface area contributed by atoms with E-state index in [0.717, 1.165) is 30.9 Å². The molecule has 1 unspecified atom stereocenters. The number of nitrogens with zero attached hydrogens (tertiary/aromatic N) is 1. The lowest BCUT2D eigenvalue weighted by atomic mass is 10.1. The van der Waals surface area contributed by atoms with Crippen molar-refractivity contribution in [1.29, 1.82) is 0 Å². The summed E-state index contributed by atoms with van der Waals surface area (Å²) in [4.78, 5) is 14.2. The predicted molar refractivity (Wildman–Crippen MR) is 93.5 cm³/mol. The minimum Gasteiger partial charge on any atom is -0.457 e. The minimum atomic E-state index is -0.0783. The van der Waals surface area contributed by atoms with E-state index in [4.69, 9.17) is 9.47 Å². The van der Waals surface area contributed by atoms with E-state index in [-0.39, 0.29) is 6.03 Å². The van der Waals surface area contributed by atoms with Crippen molar-refractivity contribution in [1.82, 2.24) is 4.90 Å². The normalized spacial score (nSPS) is 16.9. The number of para-hydroxylation sites is 1. The van der Waals surface area contributed by atoms with Crippen LogP contribution in [-0.2, 0) is 4.74 Å². The van der Waals surface area contributed by atoms with Gasteiger partial charge < -0.3 is 19.7 Å². The summed E-state index contributed by atoms with van der Waals surface area (Å²) in [6.07, 6.45) is 0.985.